The maximum atomic E-state index is 14.7. The van der Waals surface area contributed by atoms with Crippen molar-refractivity contribution < 1.29 is 17.9 Å². The first-order valence-electron chi connectivity index (χ1n) is 13.7. The van der Waals surface area contributed by atoms with Crippen LogP contribution in [0.3, 0.4) is 0 Å². The molecule has 2 aromatic rings. The highest BCUT2D eigenvalue weighted by Crippen LogP contribution is 2.38. The second-order valence-electron chi connectivity index (χ2n) is 11.2. The number of rotatable bonds is 9. The Kier molecular flexibility index (Phi) is 8.97. The fraction of sp³-hybridized carbons (Fsp3) is 0.613. The number of halogens is 3. The molecule has 2 aromatic carbocycles. The van der Waals surface area contributed by atoms with Gasteiger partial charge in [-0.05, 0) is 85.0 Å². The Morgan fingerprint density at radius 3 is 2.06 bits per heavy atom. The molecule has 0 aliphatic heterocycles. The van der Waals surface area contributed by atoms with Crippen molar-refractivity contribution in [2.75, 3.05) is 0 Å². The van der Waals surface area contributed by atoms with Gasteiger partial charge >= 0.3 is 6.11 Å². The fourth-order valence-corrected chi connectivity index (χ4v) is 6.10. The van der Waals surface area contributed by atoms with Crippen molar-refractivity contribution in [3.05, 3.63) is 70.5 Å². The Hall–Kier alpha value is -1.81. The van der Waals surface area contributed by atoms with Gasteiger partial charge in [-0.1, -0.05) is 75.9 Å². The first-order valence-corrected chi connectivity index (χ1v) is 13.7. The van der Waals surface area contributed by atoms with E-state index in [0.29, 0.717) is 17.4 Å². The molecule has 2 aliphatic rings. The van der Waals surface area contributed by atoms with Crippen LogP contribution in [-0.4, -0.2) is 6.11 Å². The molecule has 35 heavy (non-hydrogen) atoms. The van der Waals surface area contributed by atoms with Crippen LogP contribution in [-0.2, 0) is 17.8 Å². The lowest BCUT2D eigenvalue weighted by Crippen LogP contribution is -2.24. The molecule has 0 aromatic heterocycles. The SMILES string of the molecule is CCCC1CCC(c2ccc(COC(F)(F)Cc3ccc(C4CCC(C)CC4)cc3)c(F)c2)CC1. The number of ether oxygens (including phenoxy) is 1. The topological polar surface area (TPSA) is 9.23 Å². The maximum absolute atomic E-state index is 14.7. The van der Waals surface area contributed by atoms with Crippen molar-refractivity contribution in [1.82, 2.24) is 0 Å². The average molecular weight is 487 g/mol. The van der Waals surface area contributed by atoms with Crippen molar-refractivity contribution in [2.45, 2.75) is 109 Å². The van der Waals surface area contributed by atoms with Gasteiger partial charge in [-0.25, -0.2) is 4.39 Å². The zero-order valence-corrected chi connectivity index (χ0v) is 21.4. The van der Waals surface area contributed by atoms with E-state index in [1.54, 1.807) is 18.2 Å². The van der Waals surface area contributed by atoms with E-state index in [0.717, 1.165) is 30.2 Å². The fourth-order valence-electron chi connectivity index (χ4n) is 6.10. The highest BCUT2D eigenvalue weighted by molar-refractivity contribution is 5.28. The largest absolute Gasteiger partial charge is 0.360 e. The number of alkyl halides is 2. The van der Waals surface area contributed by atoms with Gasteiger partial charge in [-0.2, -0.15) is 8.78 Å². The van der Waals surface area contributed by atoms with E-state index in [2.05, 4.69) is 13.8 Å². The van der Waals surface area contributed by atoms with Crippen molar-refractivity contribution in [2.24, 2.45) is 11.8 Å². The molecule has 0 heterocycles. The Bertz CT molecular complexity index is 923. The van der Waals surface area contributed by atoms with Crippen LogP contribution < -0.4 is 0 Å². The van der Waals surface area contributed by atoms with Crippen molar-refractivity contribution >= 4 is 0 Å². The summed E-state index contributed by atoms with van der Waals surface area (Å²) in [4.78, 5) is 0. The van der Waals surface area contributed by atoms with Crippen LogP contribution in [0.4, 0.5) is 13.2 Å². The van der Waals surface area contributed by atoms with Crippen LogP contribution in [0.2, 0.25) is 0 Å². The van der Waals surface area contributed by atoms with E-state index in [9.17, 15) is 13.2 Å². The van der Waals surface area contributed by atoms with Gasteiger partial charge in [0.2, 0.25) is 0 Å². The summed E-state index contributed by atoms with van der Waals surface area (Å²) < 4.78 is 48.7. The molecule has 4 heteroatoms. The molecule has 2 saturated carbocycles. The number of benzene rings is 2. The molecule has 0 saturated heterocycles. The van der Waals surface area contributed by atoms with E-state index < -0.39 is 25.0 Å². The van der Waals surface area contributed by atoms with Gasteiger partial charge in [0.25, 0.3) is 0 Å². The third kappa shape index (κ3) is 7.35. The average Bonchev–Trinajstić information content (AvgIpc) is 2.85. The van der Waals surface area contributed by atoms with Gasteiger partial charge in [-0.3, -0.25) is 0 Å². The van der Waals surface area contributed by atoms with Gasteiger partial charge in [-0.15, -0.1) is 0 Å². The van der Waals surface area contributed by atoms with Crippen molar-refractivity contribution in [3.63, 3.8) is 0 Å². The van der Waals surface area contributed by atoms with Crippen LogP contribution in [0, 0.1) is 17.7 Å². The van der Waals surface area contributed by atoms with E-state index in [4.69, 9.17) is 4.74 Å². The standard InChI is InChI=1S/C31H41F3O/c1-3-4-23-7-13-27(14-8-23)28-17-18-29(30(32)19-28)21-35-31(33,34)20-24-9-15-26(16-10-24)25-11-5-22(2)6-12-25/h9-10,15-19,22-23,25,27H,3-8,11-14,20-21H2,1-2H3. The lowest BCUT2D eigenvalue weighted by Gasteiger charge is -2.28. The molecule has 0 atom stereocenters. The molecule has 0 N–H and O–H groups in total. The van der Waals surface area contributed by atoms with Crippen LogP contribution in [0.5, 0.6) is 0 Å². The molecule has 0 unspecified atom stereocenters. The van der Waals surface area contributed by atoms with Gasteiger partial charge in [0.1, 0.15) is 5.82 Å². The van der Waals surface area contributed by atoms with E-state index in [1.807, 2.05) is 18.2 Å². The Morgan fingerprint density at radius 2 is 1.43 bits per heavy atom. The minimum Gasteiger partial charge on any atom is -0.315 e. The summed E-state index contributed by atoms with van der Waals surface area (Å²) in [7, 11) is 0. The lowest BCUT2D eigenvalue weighted by atomic mass is 9.77. The van der Waals surface area contributed by atoms with Gasteiger partial charge in [0.15, 0.2) is 0 Å². The maximum Gasteiger partial charge on any atom is 0.360 e. The van der Waals surface area contributed by atoms with E-state index in [-0.39, 0.29) is 5.56 Å². The first kappa shape index (κ1) is 26.3. The second-order valence-corrected chi connectivity index (χ2v) is 11.2. The first-order chi connectivity index (χ1) is 16.8. The molecule has 1 nitrogen and oxygen atoms in total. The molecule has 192 valence electrons. The van der Waals surface area contributed by atoms with Crippen molar-refractivity contribution in [1.29, 1.82) is 0 Å². The summed E-state index contributed by atoms with van der Waals surface area (Å²) in [5, 5.41) is 0. The molecule has 0 spiro atoms. The Morgan fingerprint density at radius 1 is 0.829 bits per heavy atom. The summed E-state index contributed by atoms with van der Waals surface area (Å²) in [5.74, 6) is 2.04. The van der Waals surface area contributed by atoms with Gasteiger partial charge in [0, 0.05) is 5.56 Å². The molecular weight excluding hydrogens is 445 g/mol. The highest BCUT2D eigenvalue weighted by atomic mass is 19.3. The Labute approximate surface area is 209 Å². The molecular formula is C31H41F3O. The predicted molar refractivity (Wildman–Crippen MR) is 136 cm³/mol. The summed E-state index contributed by atoms with van der Waals surface area (Å²) in [5.41, 5.74) is 2.96. The van der Waals surface area contributed by atoms with E-state index >= 15 is 0 Å². The van der Waals surface area contributed by atoms with Crippen LogP contribution in [0.15, 0.2) is 42.5 Å². The molecule has 0 amide bonds. The minimum absolute atomic E-state index is 0.190. The quantitative estimate of drug-likeness (QED) is 0.343. The van der Waals surface area contributed by atoms with Gasteiger partial charge < -0.3 is 4.74 Å². The van der Waals surface area contributed by atoms with Crippen LogP contribution in [0.1, 0.15) is 112 Å². The minimum atomic E-state index is -3.34. The molecule has 2 aliphatic carbocycles. The molecule has 0 radical (unpaired) electrons. The normalized spacial score (nSPS) is 25.5. The molecule has 0 bridgehead atoms. The monoisotopic (exact) mass is 486 g/mol. The lowest BCUT2D eigenvalue weighted by molar-refractivity contribution is -0.244. The Balaban J connectivity index is 1.28. The molecule has 2 fully saturated rings. The summed E-state index contributed by atoms with van der Waals surface area (Å²) in [6, 6.07) is 12.6. The summed E-state index contributed by atoms with van der Waals surface area (Å²) >= 11 is 0. The number of hydrogen-bond donors (Lipinski definition) is 0. The summed E-state index contributed by atoms with van der Waals surface area (Å²) in [6.45, 7) is 4.08. The van der Waals surface area contributed by atoms with Crippen LogP contribution >= 0.6 is 0 Å². The van der Waals surface area contributed by atoms with Crippen LogP contribution in [0.25, 0.3) is 0 Å². The number of hydrogen-bond acceptors (Lipinski definition) is 1. The molecule has 4 rings (SSSR count). The third-order valence-corrected chi connectivity index (χ3v) is 8.41. The predicted octanol–water partition coefficient (Wildman–Crippen LogP) is 9.55. The third-order valence-electron chi connectivity index (χ3n) is 8.41. The smallest absolute Gasteiger partial charge is 0.315 e. The summed E-state index contributed by atoms with van der Waals surface area (Å²) in [6.07, 6.45) is 7.99. The van der Waals surface area contributed by atoms with Crippen molar-refractivity contribution in [3.8, 4) is 0 Å². The zero-order valence-electron chi connectivity index (χ0n) is 21.4. The van der Waals surface area contributed by atoms with Gasteiger partial charge in [0.05, 0.1) is 13.0 Å². The zero-order chi connectivity index (χ0) is 24.8. The highest BCUT2D eigenvalue weighted by Gasteiger charge is 2.31. The second kappa shape index (κ2) is 12.0. The van der Waals surface area contributed by atoms with E-state index in [1.165, 1.54) is 63.0 Å².